The molecule has 1 aromatic heterocycles. The van der Waals surface area contributed by atoms with Crippen molar-refractivity contribution >= 4 is 19.7 Å². The number of aliphatic hydroxyl groups excluding tert-OH is 1. The fourth-order valence-corrected chi connectivity index (χ4v) is 1.79. The van der Waals surface area contributed by atoms with E-state index in [0.717, 1.165) is 4.88 Å². The minimum Gasteiger partial charge on any atom is -0.388 e. The molecule has 0 saturated heterocycles. The first-order valence-corrected chi connectivity index (χ1v) is 4.87. The van der Waals surface area contributed by atoms with E-state index in [2.05, 4.69) is 0 Å². The lowest BCUT2D eigenvalue weighted by atomic mass is 9.97. The van der Waals surface area contributed by atoms with Crippen LogP contribution in [0.3, 0.4) is 0 Å². The second-order valence-electron chi connectivity index (χ2n) is 3.72. The highest BCUT2D eigenvalue weighted by Gasteiger charge is 2.18. The van der Waals surface area contributed by atoms with Crippen molar-refractivity contribution in [2.24, 2.45) is 5.73 Å². The molecule has 0 aliphatic carbocycles. The quantitative estimate of drug-likeness (QED) is 0.705. The maximum absolute atomic E-state index is 9.68. The van der Waals surface area contributed by atoms with Crippen molar-refractivity contribution in [3.8, 4) is 0 Å². The van der Waals surface area contributed by atoms with Gasteiger partial charge < -0.3 is 10.8 Å². The van der Waals surface area contributed by atoms with Crippen LogP contribution in [0.5, 0.6) is 0 Å². The van der Waals surface area contributed by atoms with Crippen LogP contribution in [-0.2, 0) is 0 Å². The monoisotopic (exact) mass is 199 g/mol. The van der Waals surface area contributed by atoms with E-state index in [0.29, 0.717) is 6.42 Å². The summed E-state index contributed by atoms with van der Waals surface area (Å²) in [5.41, 5.74) is 5.48. The molecule has 1 rings (SSSR count). The van der Waals surface area contributed by atoms with Crippen LogP contribution in [0.1, 0.15) is 31.2 Å². The number of hydrogen-bond donors (Lipinski definition) is 2. The summed E-state index contributed by atoms with van der Waals surface area (Å²) >= 11 is 1.57. The van der Waals surface area contributed by atoms with Gasteiger partial charge in [-0.15, -0.1) is 11.3 Å². The van der Waals surface area contributed by atoms with E-state index in [4.69, 9.17) is 5.73 Å². The van der Waals surface area contributed by atoms with Crippen molar-refractivity contribution < 1.29 is 5.11 Å². The van der Waals surface area contributed by atoms with Gasteiger partial charge in [-0.25, -0.2) is 0 Å². The highest BCUT2D eigenvalue weighted by molar-refractivity contribution is 7.10. The van der Waals surface area contributed by atoms with Gasteiger partial charge in [-0.2, -0.15) is 0 Å². The van der Waals surface area contributed by atoms with Gasteiger partial charge in [0, 0.05) is 10.4 Å². The molecule has 0 aliphatic rings. The molecule has 3 N–H and O–H groups in total. The van der Waals surface area contributed by atoms with Gasteiger partial charge in [-0.3, -0.25) is 0 Å². The minimum absolute atomic E-state index is 0. The predicted octanol–water partition coefficient (Wildman–Crippen LogP) is 0.725. The van der Waals surface area contributed by atoms with Gasteiger partial charge in [0.1, 0.15) is 0 Å². The Morgan fingerprint density at radius 2 is 2.23 bits per heavy atom. The summed E-state index contributed by atoms with van der Waals surface area (Å²) in [7, 11) is 0. The molecule has 2 nitrogen and oxygen atoms in total. The zero-order valence-electron chi connectivity index (χ0n) is 7.45. The summed E-state index contributed by atoms with van der Waals surface area (Å²) < 4.78 is 0. The Hall–Kier alpha value is -0.315. The number of thiophene rings is 1. The van der Waals surface area contributed by atoms with E-state index in [-0.39, 0.29) is 14.0 Å². The molecular weight excluding hydrogens is 181 g/mol. The third-order valence-corrected chi connectivity index (χ3v) is 2.56. The Balaban J connectivity index is 0.00000144. The number of rotatable bonds is 3. The molecule has 4 heteroatoms. The summed E-state index contributed by atoms with van der Waals surface area (Å²) in [5.74, 6) is 0. The summed E-state index contributed by atoms with van der Waals surface area (Å²) in [6, 6.07) is 3.87. The van der Waals surface area contributed by atoms with E-state index in [1.54, 1.807) is 11.3 Å². The largest absolute Gasteiger partial charge is 0.388 e. The van der Waals surface area contributed by atoms with Crippen LogP contribution in [0.4, 0.5) is 0 Å². The van der Waals surface area contributed by atoms with E-state index < -0.39 is 6.10 Å². The maximum atomic E-state index is 9.68. The Kier molecular flexibility index (Phi) is 4.68. The summed E-state index contributed by atoms with van der Waals surface area (Å²) in [6.07, 6.45) is 0.193. The Labute approximate surface area is 85.4 Å². The van der Waals surface area contributed by atoms with Crippen molar-refractivity contribution in [2.45, 2.75) is 31.9 Å². The normalized spacial score (nSPS) is 13.5. The lowest BCUT2D eigenvalue weighted by Gasteiger charge is -2.21. The smallest absolute Gasteiger partial charge is 0.0899 e. The molecule has 0 aromatic carbocycles. The fourth-order valence-electron chi connectivity index (χ4n) is 1.08. The lowest BCUT2D eigenvalue weighted by Crippen LogP contribution is -2.33. The molecule has 0 aliphatic heterocycles. The molecule has 13 heavy (non-hydrogen) atoms. The van der Waals surface area contributed by atoms with Crippen molar-refractivity contribution in [3.63, 3.8) is 0 Å². The Morgan fingerprint density at radius 3 is 2.62 bits per heavy atom. The first kappa shape index (κ1) is 12.7. The SMILES string of the molecule is B.CC(C)(N)CC(O)c1cccs1. The van der Waals surface area contributed by atoms with Crippen molar-refractivity contribution in [2.75, 3.05) is 0 Å². The van der Waals surface area contributed by atoms with Crippen LogP contribution >= 0.6 is 11.3 Å². The van der Waals surface area contributed by atoms with E-state index in [1.807, 2.05) is 31.4 Å². The third-order valence-electron chi connectivity index (χ3n) is 1.59. The van der Waals surface area contributed by atoms with Crippen molar-refractivity contribution in [3.05, 3.63) is 22.4 Å². The van der Waals surface area contributed by atoms with E-state index in [9.17, 15) is 5.11 Å². The zero-order valence-corrected chi connectivity index (χ0v) is 8.27. The molecule has 1 atom stereocenters. The Morgan fingerprint density at radius 1 is 1.62 bits per heavy atom. The third kappa shape index (κ3) is 4.46. The second-order valence-corrected chi connectivity index (χ2v) is 4.70. The van der Waals surface area contributed by atoms with Gasteiger partial charge in [0.2, 0.25) is 0 Å². The highest BCUT2D eigenvalue weighted by atomic mass is 32.1. The molecule has 1 aromatic rings. The van der Waals surface area contributed by atoms with Crippen molar-refractivity contribution in [1.82, 2.24) is 0 Å². The fraction of sp³-hybridized carbons (Fsp3) is 0.556. The average molecular weight is 199 g/mol. The van der Waals surface area contributed by atoms with Gasteiger partial charge in [-0.1, -0.05) is 6.07 Å². The molecule has 74 valence electrons. The molecule has 0 spiro atoms. The first-order chi connectivity index (χ1) is 5.49. The van der Waals surface area contributed by atoms with Crippen LogP contribution in [-0.4, -0.2) is 19.1 Å². The summed E-state index contributed by atoms with van der Waals surface area (Å²) in [5, 5.41) is 11.6. The predicted molar refractivity (Wildman–Crippen MR) is 62.1 cm³/mol. The molecular formula is C9H18BNOS. The Bertz CT molecular complexity index is 230. The molecule has 0 radical (unpaired) electrons. The van der Waals surface area contributed by atoms with Gasteiger partial charge in [-0.05, 0) is 31.7 Å². The maximum Gasteiger partial charge on any atom is 0.0899 e. The summed E-state index contributed by atoms with van der Waals surface area (Å²) in [6.45, 7) is 3.84. The second kappa shape index (κ2) is 4.79. The average Bonchev–Trinajstić information content (AvgIpc) is 2.32. The van der Waals surface area contributed by atoms with Crippen LogP contribution < -0.4 is 5.73 Å². The van der Waals surface area contributed by atoms with Crippen LogP contribution in [0.25, 0.3) is 0 Å². The standard InChI is InChI=1S/C9H15NOS.BH3/c1-9(2,10)6-7(11)8-4-3-5-12-8;/h3-5,7,11H,6,10H2,1-2H3;1H3. The summed E-state index contributed by atoms with van der Waals surface area (Å²) in [4.78, 5) is 0.994. The van der Waals surface area contributed by atoms with Gasteiger partial charge in [0.25, 0.3) is 0 Å². The molecule has 0 saturated carbocycles. The van der Waals surface area contributed by atoms with Gasteiger partial charge in [0.15, 0.2) is 0 Å². The zero-order chi connectivity index (χ0) is 9.19. The van der Waals surface area contributed by atoms with E-state index >= 15 is 0 Å². The first-order valence-electron chi connectivity index (χ1n) is 3.99. The topological polar surface area (TPSA) is 46.2 Å². The molecule has 0 amide bonds. The van der Waals surface area contributed by atoms with Crippen LogP contribution in [0.15, 0.2) is 17.5 Å². The minimum atomic E-state index is -0.412. The highest BCUT2D eigenvalue weighted by Crippen LogP contribution is 2.25. The molecule has 0 bridgehead atoms. The number of aliphatic hydroxyl groups is 1. The van der Waals surface area contributed by atoms with Crippen LogP contribution in [0, 0.1) is 0 Å². The van der Waals surface area contributed by atoms with E-state index in [1.165, 1.54) is 0 Å². The lowest BCUT2D eigenvalue weighted by molar-refractivity contribution is 0.145. The van der Waals surface area contributed by atoms with Crippen molar-refractivity contribution in [1.29, 1.82) is 0 Å². The van der Waals surface area contributed by atoms with Crippen LogP contribution in [0.2, 0.25) is 0 Å². The number of nitrogens with two attached hydrogens (primary N) is 1. The molecule has 0 fully saturated rings. The molecule has 1 heterocycles. The van der Waals surface area contributed by atoms with Gasteiger partial charge in [0.05, 0.1) is 14.5 Å². The van der Waals surface area contributed by atoms with Gasteiger partial charge >= 0.3 is 0 Å². The molecule has 1 unspecified atom stereocenters. The number of hydrogen-bond acceptors (Lipinski definition) is 3.